The summed E-state index contributed by atoms with van der Waals surface area (Å²) in [7, 11) is 1.47. The topological polar surface area (TPSA) is 26.3 Å². The molecule has 0 aliphatic carbocycles. The molecule has 0 aliphatic rings. The lowest BCUT2D eigenvalue weighted by atomic mass is 10.0. The number of hydrogen-bond acceptors (Lipinski definition) is 2. The first-order chi connectivity index (χ1) is 9.04. The van der Waals surface area contributed by atoms with Gasteiger partial charge in [-0.2, -0.15) is 0 Å². The van der Waals surface area contributed by atoms with Crippen molar-refractivity contribution in [3.63, 3.8) is 0 Å². The predicted octanol–water partition coefficient (Wildman–Crippen LogP) is 4.89. The van der Waals surface area contributed by atoms with Crippen molar-refractivity contribution in [2.75, 3.05) is 7.11 Å². The van der Waals surface area contributed by atoms with E-state index in [9.17, 15) is 4.79 Å². The lowest BCUT2D eigenvalue weighted by Gasteiger charge is -2.09. The minimum Gasteiger partial charge on any atom is -0.496 e. The Morgan fingerprint density at radius 2 is 1.79 bits per heavy atom. The highest BCUT2D eigenvalue weighted by molar-refractivity contribution is 6.44. The van der Waals surface area contributed by atoms with Crippen LogP contribution in [-0.2, 0) is 0 Å². The van der Waals surface area contributed by atoms with Gasteiger partial charge in [-0.05, 0) is 30.3 Å². The molecule has 0 bridgehead atoms. The number of methoxy groups -OCH3 is 1. The summed E-state index contributed by atoms with van der Waals surface area (Å²) >= 11 is 17.8. The first kappa shape index (κ1) is 14.2. The molecule has 0 aliphatic heterocycles. The van der Waals surface area contributed by atoms with Crippen LogP contribution in [0.5, 0.6) is 5.75 Å². The van der Waals surface area contributed by atoms with E-state index in [1.807, 2.05) is 0 Å². The average molecular weight is 316 g/mol. The summed E-state index contributed by atoms with van der Waals surface area (Å²) in [4.78, 5) is 12.4. The molecule has 2 aromatic rings. The Balaban J connectivity index is 2.53. The van der Waals surface area contributed by atoms with Crippen LogP contribution in [0.15, 0.2) is 36.4 Å². The van der Waals surface area contributed by atoms with E-state index in [2.05, 4.69) is 0 Å². The van der Waals surface area contributed by atoms with Gasteiger partial charge in [0.1, 0.15) is 5.75 Å². The van der Waals surface area contributed by atoms with Gasteiger partial charge in [0, 0.05) is 10.6 Å². The molecule has 0 atom stereocenters. The van der Waals surface area contributed by atoms with E-state index in [4.69, 9.17) is 39.5 Å². The van der Waals surface area contributed by atoms with Crippen LogP contribution >= 0.6 is 34.8 Å². The van der Waals surface area contributed by atoms with Crippen LogP contribution in [0.4, 0.5) is 0 Å². The van der Waals surface area contributed by atoms with Crippen LogP contribution in [0.2, 0.25) is 15.1 Å². The van der Waals surface area contributed by atoms with Gasteiger partial charge in [0.2, 0.25) is 0 Å². The van der Waals surface area contributed by atoms with E-state index >= 15 is 0 Å². The highest BCUT2D eigenvalue weighted by Gasteiger charge is 2.18. The van der Waals surface area contributed by atoms with Crippen LogP contribution in [0.3, 0.4) is 0 Å². The summed E-state index contributed by atoms with van der Waals surface area (Å²) in [6.45, 7) is 0. The summed E-state index contributed by atoms with van der Waals surface area (Å²) in [6, 6.07) is 9.71. The molecule has 0 amide bonds. The molecular formula is C14H9Cl3O2. The van der Waals surface area contributed by atoms with Crippen molar-refractivity contribution in [1.29, 1.82) is 0 Å². The summed E-state index contributed by atoms with van der Waals surface area (Å²) < 4.78 is 5.16. The summed E-state index contributed by atoms with van der Waals surface area (Å²) in [6.07, 6.45) is 0. The first-order valence-corrected chi connectivity index (χ1v) is 6.50. The second-order valence-corrected chi connectivity index (χ2v) is 5.00. The van der Waals surface area contributed by atoms with Gasteiger partial charge in [0.25, 0.3) is 0 Å². The van der Waals surface area contributed by atoms with Gasteiger partial charge in [-0.15, -0.1) is 0 Å². The Morgan fingerprint density at radius 3 is 2.47 bits per heavy atom. The normalized spacial score (nSPS) is 10.3. The van der Waals surface area contributed by atoms with Gasteiger partial charge in [-0.25, -0.2) is 0 Å². The molecule has 2 nitrogen and oxygen atoms in total. The average Bonchev–Trinajstić information content (AvgIpc) is 2.41. The molecular weight excluding hydrogens is 307 g/mol. The number of carbonyl (C=O) groups is 1. The number of ether oxygens (including phenoxy) is 1. The molecule has 98 valence electrons. The lowest BCUT2D eigenvalue weighted by Crippen LogP contribution is -2.04. The van der Waals surface area contributed by atoms with E-state index in [1.54, 1.807) is 36.4 Å². The number of carbonyl (C=O) groups excluding carboxylic acids is 1. The Morgan fingerprint density at radius 1 is 1.05 bits per heavy atom. The summed E-state index contributed by atoms with van der Waals surface area (Å²) in [5.74, 6) is 0.134. The van der Waals surface area contributed by atoms with Crippen LogP contribution in [0.25, 0.3) is 0 Å². The Kier molecular flexibility index (Phi) is 4.35. The molecule has 0 heterocycles. The SMILES string of the molecule is COc1cc(Cl)ccc1C(=O)c1cccc(Cl)c1Cl. The van der Waals surface area contributed by atoms with E-state index in [0.717, 1.165) is 0 Å². The fraction of sp³-hybridized carbons (Fsp3) is 0.0714. The molecule has 0 saturated carbocycles. The van der Waals surface area contributed by atoms with Crippen LogP contribution < -0.4 is 4.74 Å². The molecule has 0 N–H and O–H groups in total. The van der Waals surface area contributed by atoms with Crippen molar-refractivity contribution in [1.82, 2.24) is 0 Å². The van der Waals surface area contributed by atoms with Crippen LogP contribution in [0, 0.1) is 0 Å². The maximum atomic E-state index is 12.4. The quantitative estimate of drug-likeness (QED) is 0.754. The first-order valence-electron chi connectivity index (χ1n) is 5.37. The van der Waals surface area contributed by atoms with Crippen molar-refractivity contribution >= 4 is 40.6 Å². The molecule has 0 fully saturated rings. The summed E-state index contributed by atoms with van der Waals surface area (Å²) in [5.41, 5.74) is 0.714. The second kappa shape index (κ2) is 5.83. The maximum absolute atomic E-state index is 12.4. The lowest BCUT2D eigenvalue weighted by molar-refractivity contribution is 0.103. The molecule has 0 unspecified atom stereocenters. The van der Waals surface area contributed by atoms with Gasteiger partial charge in [-0.1, -0.05) is 40.9 Å². The van der Waals surface area contributed by atoms with E-state index in [0.29, 0.717) is 26.9 Å². The highest BCUT2D eigenvalue weighted by Crippen LogP contribution is 2.31. The number of ketones is 1. The number of hydrogen-bond donors (Lipinski definition) is 0. The van der Waals surface area contributed by atoms with Crippen molar-refractivity contribution in [2.45, 2.75) is 0 Å². The second-order valence-electron chi connectivity index (χ2n) is 3.78. The minimum atomic E-state index is -0.263. The van der Waals surface area contributed by atoms with Gasteiger partial charge >= 0.3 is 0 Å². The van der Waals surface area contributed by atoms with E-state index in [1.165, 1.54) is 7.11 Å². The fourth-order valence-electron chi connectivity index (χ4n) is 1.68. The van der Waals surface area contributed by atoms with Gasteiger partial charge in [-0.3, -0.25) is 4.79 Å². The Bertz CT molecular complexity index is 639. The van der Waals surface area contributed by atoms with E-state index in [-0.39, 0.29) is 10.8 Å². The van der Waals surface area contributed by atoms with Crippen molar-refractivity contribution < 1.29 is 9.53 Å². The smallest absolute Gasteiger partial charge is 0.198 e. The molecule has 19 heavy (non-hydrogen) atoms. The maximum Gasteiger partial charge on any atom is 0.198 e. The standard InChI is InChI=1S/C14H9Cl3O2/c1-19-12-7-8(15)5-6-9(12)14(18)10-3-2-4-11(16)13(10)17/h2-7H,1H3. The molecule has 0 aromatic heterocycles. The van der Waals surface area contributed by atoms with Gasteiger partial charge in [0.05, 0.1) is 22.7 Å². The third kappa shape index (κ3) is 2.86. The fourth-order valence-corrected chi connectivity index (χ4v) is 2.23. The molecule has 5 heteroatoms. The van der Waals surface area contributed by atoms with Crippen LogP contribution in [0.1, 0.15) is 15.9 Å². The zero-order chi connectivity index (χ0) is 14.0. The molecule has 0 saturated heterocycles. The van der Waals surface area contributed by atoms with Crippen molar-refractivity contribution in [3.8, 4) is 5.75 Å². The zero-order valence-electron chi connectivity index (χ0n) is 9.91. The van der Waals surface area contributed by atoms with Crippen LogP contribution in [-0.4, -0.2) is 12.9 Å². The number of halogens is 3. The minimum absolute atomic E-state index is 0.228. The monoisotopic (exact) mass is 314 g/mol. The van der Waals surface area contributed by atoms with Gasteiger partial charge < -0.3 is 4.74 Å². The summed E-state index contributed by atoms with van der Waals surface area (Å²) in [5, 5.41) is 1.05. The third-order valence-corrected chi connectivity index (χ3v) is 3.66. The zero-order valence-corrected chi connectivity index (χ0v) is 12.2. The van der Waals surface area contributed by atoms with Gasteiger partial charge in [0.15, 0.2) is 5.78 Å². The Hall–Kier alpha value is -1.22. The third-order valence-electron chi connectivity index (χ3n) is 2.60. The predicted molar refractivity (Wildman–Crippen MR) is 77.9 cm³/mol. The Labute approximate surface area is 125 Å². The largest absolute Gasteiger partial charge is 0.496 e. The van der Waals surface area contributed by atoms with E-state index < -0.39 is 0 Å². The number of rotatable bonds is 3. The van der Waals surface area contributed by atoms with Crippen molar-refractivity contribution in [3.05, 3.63) is 62.6 Å². The molecule has 0 radical (unpaired) electrons. The molecule has 2 rings (SSSR count). The highest BCUT2D eigenvalue weighted by atomic mass is 35.5. The molecule has 0 spiro atoms. The van der Waals surface area contributed by atoms with Crippen molar-refractivity contribution in [2.24, 2.45) is 0 Å². The molecule has 2 aromatic carbocycles. The number of benzene rings is 2.